The van der Waals surface area contributed by atoms with Gasteiger partial charge in [0, 0.05) is 12.6 Å². The van der Waals surface area contributed by atoms with Crippen LogP contribution < -0.4 is 0 Å². The highest BCUT2D eigenvalue weighted by atomic mass is 16.4. The second-order valence-corrected chi connectivity index (χ2v) is 4.74. The van der Waals surface area contributed by atoms with Gasteiger partial charge in [-0.05, 0) is 19.4 Å². The van der Waals surface area contributed by atoms with Crippen LogP contribution in [-0.4, -0.2) is 50.1 Å². The predicted molar refractivity (Wildman–Crippen MR) is 66.5 cm³/mol. The lowest BCUT2D eigenvalue weighted by Gasteiger charge is -2.27. The van der Waals surface area contributed by atoms with E-state index >= 15 is 0 Å². The fraction of sp³-hybridized carbons (Fsp3) is 0.750. The van der Waals surface area contributed by atoms with Gasteiger partial charge in [-0.1, -0.05) is 25.0 Å². The predicted octanol–water partition coefficient (Wildman–Crippen LogP) is 1.24. The SMILES string of the molecule is CCN(CCn1cc(C(=O)O)nn1)C1CCCC1. The minimum atomic E-state index is -1.02. The van der Waals surface area contributed by atoms with Gasteiger partial charge in [0.05, 0.1) is 12.7 Å². The van der Waals surface area contributed by atoms with Crippen LogP contribution in [0.1, 0.15) is 43.1 Å². The summed E-state index contributed by atoms with van der Waals surface area (Å²) < 4.78 is 1.61. The quantitative estimate of drug-likeness (QED) is 0.824. The molecule has 0 radical (unpaired) electrons. The maximum absolute atomic E-state index is 10.7. The molecule has 1 heterocycles. The van der Waals surface area contributed by atoms with Crippen molar-refractivity contribution in [3.63, 3.8) is 0 Å². The molecule has 6 heteroatoms. The number of nitrogens with zero attached hydrogens (tertiary/aromatic N) is 4. The van der Waals surface area contributed by atoms with Crippen LogP contribution in [0.5, 0.6) is 0 Å². The van der Waals surface area contributed by atoms with E-state index in [4.69, 9.17) is 5.11 Å². The van der Waals surface area contributed by atoms with Gasteiger partial charge in [-0.2, -0.15) is 0 Å². The van der Waals surface area contributed by atoms with Crippen molar-refractivity contribution in [2.24, 2.45) is 0 Å². The number of carbonyl (C=O) groups is 1. The van der Waals surface area contributed by atoms with E-state index in [1.54, 1.807) is 4.68 Å². The molecule has 6 nitrogen and oxygen atoms in total. The van der Waals surface area contributed by atoms with Gasteiger partial charge in [-0.25, -0.2) is 4.79 Å². The molecule has 1 aromatic heterocycles. The number of carboxylic acid groups (broad SMARTS) is 1. The molecule has 1 aliphatic carbocycles. The first-order valence-electron chi connectivity index (χ1n) is 6.58. The molecule has 0 atom stereocenters. The fourth-order valence-corrected chi connectivity index (χ4v) is 2.60. The van der Waals surface area contributed by atoms with E-state index in [-0.39, 0.29) is 5.69 Å². The van der Waals surface area contributed by atoms with Gasteiger partial charge in [-0.15, -0.1) is 5.10 Å². The zero-order valence-corrected chi connectivity index (χ0v) is 10.7. The van der Waals surface area contributed by atoms with Crippen LogP contribution in [0.2, 0.25) is 0 Å². The monoisotopic (exact) mass is 252 g/mol. The van der Waals surface area contributed by atoms with Crippen LogP contribution in [0.25, 0.3) is 0 Å². The number of aromatic nitrogens is 3. The van der Waals surface area contributed by atoms with E-state index in [0.29, 0.717) is 12.6 Å². The van der Waals surface area contributed by atoms with E-state index in [0.717, 1.165) is 13.1 Å². The minimum absolute atomic E-state index is 0.0129. The molecule has 0 aromatic carbocycles. The van der Waals surface area contributed by atoms with E-state index in [9.17, 15) is 4.79 Å². The summed E-state index contributed by atoms with van der Waals surface area (Å²) in [7, 11) is 0. The fourth-order valence-electron chi connectivity index (χ4n) is 2.60. The summed E-state index contributed by atoms with van der Waals surface area (Å²) >= 11 is 0. The molecular formula is C12H20N4O2. The van der Waals surface area contributed by atoms with E-state index in [2.05, 4.69) is 22.1 Å². The van der Waals surface area contributed by atoms with Crippen molar-refractivity contribution in [2.45, 2.75) is 45.2 Å². The average molecular weight is 252 g/mol. The first kappa shape index (κ1) is 13.0. The molecular weight excluding hydrogens is 232 g/mol. The number of carboxylic acids is 1. The zero-order chi connectivity index (χ0) is 13.0. The van der Waals surface area contributed by atoms with Gasteiger partial charge in [0.1, 0.15) is 0 Å². The summed E-state index contributed by atoms with van der Waals surface area (Å²) in [6, 6.07) is 0.692. The first-order valence-corrected chi connectivity index (χ1v) is 6.58. The van der Waals surface area contributed by atoms with Crippen LogP contribution >= 0.6 is 0 Å². The van der Waals surface area contributed by atoms with E-state index in [1.807, 2.05) is 0 Å². The summed E-state index contributed by atoms with van der Waals surface area (Å²) in [6.45, 7) is 4.81. The molecule has 0 amide bonds. The van der Waals surface area contributed by atoms with Crippen LogP contribution in [-0.2, 0) is 6.54 Å². The molecule has 1 N–H and O–H groups in total. The third-order valence-corrected chi connectivity index (χ3v) is 3.62. The van der Waals surface area contributed by atoms with Crippen molar-refractivity contribution in [1.29, 1.82) is 0 Å². The van der Waals surface area contributed by atoms with Gasteiger partial charge in [-0.3, -0.25) is 9.58 Å². The molecule has 1 aromatic rings. The Balaban J connectivity index is 1.86. The van der Waals surface area contributed by atoms with Crippen molar-refractivity contribution < 1.29 is 9.90 Å². The van der Waals surface area contributed by atoms with Gasteiger partial charge in [0.2, 0.25) is 0 Å². The largest absolute Gasteiger partial charge is 0.476 e. The summed E-state index contributed by atoms with van der Waals surface area (Å²) in [5.41, 5.74) is 0.0129. The molecule has 1 fully saturated rings. The van der Waals surface area contributed by atoms with Gasteiger partial charge < -0.3 is 5.11 Å². The first-order chi connectivity index (χ1) is 8.70. The highest BCUT2D eigenvalue weighted by Gasteiger charge is 2.21. The molecule has 0 spiro atoms. The normalized spacial score (nSPS) is 16.6. The summed E-state index contributed by atoms with van der Waals surface area (Å²) in [4.78, 5) is 13.1. The Bertz CT molecular complexity index is 399. The van der Waals surface area contributed by atoms with Crippen molar-refractivity contribution in [3.8, 4) is 0 Å². The van der Waals surface area contributed by atoms with Crippen LogP contribution in [0.4, 0.5) is 0 Å². The zero-order valence-electron chi connectivity index (χ0n) is 10.7. The number of hydrogen-bond acceptors (Lipinski definition) is 4. The van der Waals surface area contributed by atoms with Crippen molar-refractivity contribution >= 4 is 5.97 Å². The molecule has 0 saturated heterocycles. The van der Waals surface area contributed by atoms with Crippen LogP contribution in [0.3, 0.4) is 0 Å². The van der Waals surface area contributed by atoms with Crippen molar-refractivity contribution in [3.05, 3.63) is 11.9 Å². The highest BCUT2D eigenvalue weighted by Crippen LogP contribution is 2.23. The average Bonchev–Trinajstić information content (AvgIpc) is 3.00. The molecule has 1 saturated carbocycles. The lowest BCUT2D eigenvalue weighted by molar-refractivity contribution is 0.0690. The van der Waals surface area contributed by atoms with Gasteiger partial charge in [0.25, 0.3) is 0 Å². The molecule has 1 aliphatic rings. The number of hydrogen-bond donors (Lipinski definition) is 1. The topological polar surface area (TPSA) is 71.2 Å². The number of likely N-dealkylation sites (N-methyl/N-ethyl adjacent to an activating group) is 1. The van der Waals surface area contributed by atoms with Gasteiger partial charge >= 0.3 is 5.97 Å². The Kier molecular flexibility index (Phi) is 4.30. The Hall–Kier alpha value is -1.43. The second kappa shape index (κ2) is 5.95. The smallest absolute Gasteiger partial charge is 0.358 e. The lowest BCUT2D eigenvalue weighted by atomic mass is 10.2. The van der Waals surface area contributed by atoms with E-state index in [1.165, 1.54) is 31.9 Å². The van der Waals surface area contributed by atoms with E-state index < -0.39 is 5.97 Å². The molecule has 2 rings (SSSR count). The van der Waals surface area contributed by atoms with Gasteiger partial charge in [0.15, 0.2) is 5.69 Å². The Morgan fingerprint density at radius 1 is 1.56 bits per heavy atom. The van der Waals surface area contributed by atoms with Crippen LogP contribution in [0, 0.1) is 0 Å². The van der Waals surface area contributed by atoms with Crippen molar-refractivity contribution in [1.82, 2.24) is 19.9 Å². The molecule has 100 valence electrons. The summed E-state index contributed by atoms with van der Waals surface area (Å²) in [5.74, 6) is -1.02. The molecule has 0 bridgehead atoms. The van der Waals surface area contributed by atoms with Crippen LogP contribution in [0.15, 0.2) is 6.20 Å². The standard InChI is InChI=1S/C12H20N4O2/c1-2-15(10-5-3-4-6-10)7-8-16-9-11(12(17)18)13-14-16/h9-10H,2-8H2,1H3,(H,17,18). The second-order valence-electron chi connectivity index (χ2n) is 4.74. The highest BCUT2D eigenvalue weighted by molar-refractivity contribution is 5.84. The maximum atomic E-state index is 10.7. The Morgan fingerprint density at radius 3 is 2.83 bits per heavy atom. The lowest BCUT2D eigenvalue weighted by Crippen LogP contribution is -2.35. The van der Waals surface area contributed by atoms with Crippen molar-refractivity contribution in [2.75, 3.05) is 13.1 Å². The maximum Gasteiger partial charge on any atom is 0.358 e. The third kappa shape index (κ3) is 3.07. The minimum Gasteiger partial charge on any atom is -0.476 e. The Labute approximate surface area is 107 Å². The Morgan fingerprint density at radius 2 is 2.28 bits per heavy atom. The third-order valence-electron chi connectivity index (χ3n) is 3.62. The summed E-state index contributed by atoms with van der Waals surface area (Å²) in [5, 5.41) is 16.2. The number of rotatable bonds is 6. The summed E-state index contributed by atoms with van der Waals surface area (Å²) in [6.07, 6.45) is 6.71. The number of aromatic carboxylic acids is 1. The molecule has 0 aliphatic heterocycles. The molecule has 0 unspecified atom stereocenters. The molecule has 18 heavy (non-hydrogen) atoms.